The summed E-state index contributed by atoms with van der Waals surface area (Å²) in [6, 6.07) is 4.15. The molecular formula is C15H22N2O2S. The lowest BCUT2D eigenvalue weighted by Gasteiger charge is -2.35. The third kappa shape index (κ3) is 3.52. The first-order valence-electron chi connectivity index (χ1n) is 6.92. The lowest BCUT2D eigenvalue weighted by molar-refractivity contribution is -0.148. The summed E-state index contributed by atoms with van der Waals surface area (Å²) in [5.74, 6) is -0.295. The van der Waals surface area contributed by atoms with Crippen molar-refractivity contribution in [2.24, 2.45) is 5.73 Å². The largest absolute Gasteiger partial charge is 0.468 e. The van der Waals surface area contributed by atoms with E-state index in [1.54, 1.807) is 11.8 Å². The number of aromatic nitrogens is 1. The highest BCUT2D eigenvalue weighted by Gasteiger charge is 2.40. The third-order valence-electron chi connectivity index (χ3n) is 3.69. The summed E-state index contributed by atoms with van der Waals surface area (Å²) >= 11 is 1.72. The van der Waals surface area contributed by atoms with E-state index >= 15 is 0 Å². The number of aryl methyl sites for hydroxylation is 2. The maximum atomic E-state index is 11.8. The van der Waals surface area contributed by atoms with Gasteiger partial charge in [-0.2, -0.15) is 0 Å². The fraction of sp³-hybridized carbons (Fsp3) is 0.600. The van der Waals surface area contributed by atoms with Crippen molar-refractivity contribution in [2.45, 2.75) is 55.3 Å². The summed E-state index contributed by atoms with van der Waals surface area (Å²) in [6.07, 6.45) is 3.37. The summed E-state index contributed by atoms with van der Waals surface area (Å²) in [6.45, 7) is 4.07. The van der Waals surface area contributed by atoms with Crippen LogP contribution in [-0.2, 0) is 9.53 Å². The van der Waals surface area contributed by atoms with Crippen molar-refractivity contribution >= 4 is 17.7 Å². The molecule has 0 saturated heterocycles. The van der Waals surface area contributed by atoms with E-state index in [1.807, 2.05) is 6.92 Å². The quantitative estimate of drug-likeness (QED) is 0.868. The van der Waals surface area contributed by atoms with Crippen LogP contribution in [0.4, 0.5) is 0 Å². The van der Waals surface area contributed by atoms with Gasteiger partial charge >= 0.3 is 5.97 Å². The summed E-state index contributed by atoms with van der Waals surface area (Å²) in [4.78, 5) is 16.4. The molecule has 1 saturated carbocycles. The zero-order valence-corrected chi connectivity index (χ0v) is 13.1. The van der Waals surface area contributed by atoms with Crippen LogP contribution in [-0.4, -0.2) is 28.9 Å². The van der Waals surface area contributed by atoms with Gasteiger partial charge in [0.25, 0.3) is 0 Å². The molecule has 0 bridgehead atoms. The highest BCUT2D eigenvalue weighted by atomic mass is 32.2. The minimum atomic E-state index is -0.830. The molecule has 0 aliphatic heterocycles. The van der Waals surface area contributed by atoms with Crippen LogP contribution in [0.3, 0.4) is 0 Å². The van der Waals surface area contributed by atoms with Crippen LogP contribution in [0.15, 0.2) is 17.2 Å². The van der Waals surface area contributed by atoms with Crippen LogP contribution < -0.4 is 5.73 Å². The zero-order valence-electron chi connectivity index (χ0n) is 12.3. The molecule has 1 aromatic heterocycles. The molecule has 0 spiro atoms. The lowest BCUT2D eigenvalue weighted by atomic mass is 9.82. The number of methoxy groups -OCH3 is 1. The molecule has 0 aromatic carbocycles. The van der Waals surface area contributed by atoms with Gasteiger partial charge in [0.05, 0.1) is 12.1 Å². The van der Waals surface area contributed by atoms with Crippen LogP contribution in [0.2, 0.25) is 0 Å². The number of pyridine rings is 1. The van der Waals surface area contributed by atoms with Crippen molar-refractivity contribution in [3.05, 3.63) is 23.4 Å². The Morgan fingerprint density at radius 3 is 2.90 bits per heavy atom. The van der Waals surface area contributed by atoms with Gasteiger partial charge in [-0.25, -0.2) is 4.98 Å². The highest BCUT2D eigenvalue weighted by molar-refractivity contribution is 7.99. The van der Waals surface area contributed by atoms with Crippen molar-refractivity contribution in [2.75, 3.05) is 7.11 Å². The Hall–Kier alpha value is -1.07. The fourth-order valence-electron chi connectivity index (χ4n) is 2.78. The van der Waals surface area contributed by atoms with E-state index in [0.29, 0.717) is 18.1 Å². The summed E-state index contributed by atoms with van der Waals surface area (Å²) in [5.41, 5.74) is 7.61. The van der Waals surface area contributed by atoms with Gasteiger partial charge < -0.3 is 10.5 Å². The first-order valence-corrected chi connectivity index (χ1v) is 7.80. The first kappa shape index (κ1) is 15.3. The second-order valence-corrected chi connectivity index (χ2v) is 6.93. The predicted octanol–water partition coefficient (Wildman–Crippen LogP) is 2.60. The van der Waals surface area contributed by atoms with Gasteiger partial charge in [0.2, 0.25) is 0 Å². The van der Waals surface area contributed by atoms with E-state index in [-0.39, 0.29) is 5.97 Å². The van der Waals surface area contributed by atoms with Gasteiger partial charge in [-0.3, -0.25) is 4.79 Å². The van der Waals surface area contributed by atoms with Crippen LogP contribution >= 0.6 is 11.8 Å². The molecule has 0 amide bonds. The summed E-state index contributed by atoms with van der Waals surface area (Å²) in [5, 5.41) is 1.34. The molecule has 4 nitrogen and oxygen atoms in total. The number of ether oxygens (including phenoxy) is 1. The van der Waals surface area contributed by atoms with Crippen LogP contribution in [0.5, 0.6) is 0 Å². The van der Waals surface area contributed by atoms with Crippen LogP contribution in [0.25, 0.3) is 0 Å². The van der Waals surface area contributed by atoms with E-state index in [9.17, 15) is 4.79 Å². The molecule has 1 aliphatic rings. The van der Waals surface area contributed by atoms with E-state index in [1.165, 1.54) is 12.7 Å². The predicted molar refractivity (Wildman–Crippen MR) is 80.8 cm³/mol. The zero-order chi connectivity index (χ0) is 14.8. The van der Waals surface area contributed by atoms with E-state index in [0.717, 1.165) is 23.6 Å². The fourth-order valence-corrected chi connectivity index (χ4v) is 4.24. The molecular weight excluding hydrogens is 272 g/mol. The maximum absolute atomic E-state index is 11.8. The van der Waals surface area contributed by atoms with Gasteiger partial charge in [0, 0.05) is 10.9 Å². The Labute approximate surface area is 124 Å². The average molecular weight is 294 g/mol. The molecule has 20 heavy (non-hydrogen) atoms. The molecule has 2 atom stereocenters. The van der Waals surface area contributed by atoms with E-state index in [4.69, 9.17) is 10.5 Å². The number of carbonyl (C=O) groups excluding carboxylic acids is 1. The normalized spacial score (nSPS) is 26.3. The molecule has 1 aliphatic carbocycles. The van der Waals surface area contributed by atoms with E-state index < -0.39 is 5.54 Å². The number of hydrogen-bond donors (Lipinski definition) is 1. The van der Waals surface area contributed by atoms with Crippen molar-refractivity contribution < 1.29 is 9.53 Å². The Balaban J connectivity index is 2.08. The highest BCUT2D eigenvalue weighted by Crippen LogP contribution is 2.37. The summed E-state index contributed by atoms with van der Waals surface area (Å²) < 4.78 is 4.84. The Morgan fingerprint density at radius 1 is 1.50 bits per heavy atom. The van der Waals surface area contributed by atoms with Crippen LogP contribution in [0, 0.1) is 13.8 Å². The number of rotatable bonds is 3. The van der Waals surface area contributed by atoms with Crippen molar-refractivity contribution in [3.8, 4) is 0 Å². The average Bonchev–Trinajstić information content (AvgIpc) is 2.36. The number of nitrogens with two attached hydrogens (primary N) is 1. The smallest absolute Gasteiger partial charge is 0.325 e. The second-order valence-electron chi connectivity index (χ2n) is 5.61. The maximum Gasteiger partial charge on any atom is 0.325 e. The van der Waals surface area contributed by atoms with Crippen molar-refractivity contribution in [1.29, 1.82) is 0 Å². The molecule has 1 fully saturated rings. The Morgan fingerprint density at radius 2 is 2.25 bits per heavy atom. The first-order chi connectivity index (χ1) is 9.43. The monoisotopic (exact) mass is 294 g/mol. The van der Waals surface area contributed by atoms with Gasteiger partial charge in [-0.15, -0.1) is 11.8 Å². The standard InChI is InChI=1S/C15H22N2O2S/c1-10-7-11(2)17-13(8-10)20-12-5-4-6-15(16,9-12)14(18)19-3/h7-8,12H,4-6,9,16H2,1-3H3. The molecule has 2 N–H and O–H groups in total. The Kier molecular flexibility index (Phi) is 4.70. The van der Waals surface area contributed by atoms with Gasteiger partial charge in [0.1, 0.15) is 5.54 Å². The van der Waals surface area contributed by atoms with Gasteiger partial charge in [0.15, 0.2) is 0 Å². The van der Waals surface area contributed by atoms with Gasteiger partial charge in [-0.05, 0) is 57.2 Å². The number of hydrogen-bond acceptors (Lipinski definition) is 5. The Bertz CT molecular complexity index is 486. The second kappa shape index (κ2) is 6.14. The van der Waals surface area contributed by atoms with Gasteiger partial charge in [-0.1, -0.05) is 0 Å². The number of nitrogens with zero attached hydrogens (tertiary/aromatic N) is 1. The molecule has 5 heteroatoms. The lowest BCUT2D eigenvalue weighted by Crippen LogP contribution is -2.52. The molecule has 2 rings (SSSR count). The number of esters is 1. The molecule has 2 unspecified atom stereocenters. The molecule has 1 heterocycles. The minimum Gasteiger partial charge on any atom is -0.468 e. The molecule has 110 valence electrons. The SMILES string of the molecule is COC(=O)C1(N)CCCC(Sc2cc(C)cc(C)n2)C1. The molecule has 1 aromatic rings. The number of carbonyl (C=O) groups is 1. The number of thioether (sulfide) groups is 1. The summed E-state index contributed by atoms with van der Waals surface area (Å²) in [7, 11) is 1.40. The van der Waals surface area contributed by atoms with Crippen LogP contribution in [0.1, 0.15) is 36.9 Å². The minimum absolute atomic E-state index is 0.295. The molecule has 0 radical (unpaired) electrons. The van der Waals surface area contributed by atoms with Crippen molar-refractivity contribution in [3.63, 3.8) is 0 Å². The topological polar surface area (TPSA) is 65.2 Å². The van der Waals surface area contributed by atoms with E-state index in [2.05, 4.69) is 24.0 Å². The third-order valence-corrected chi connectivity index (χ3v) is 4.88. The van der Waals surface area contributed by atoms with Crippen molar-refractivity contribution in [1.82, 2.24) is 4.98 Å².